The van der Waals surface area contributed by atoms with Gasteiger partial charge in [0.1, 0.15) is 0 Å². The third kappa shape index (κ3) is 4.11. The van der Waals surface area contributed by atoms with Crippen molar-refractivity contribution in [2.24, 2.45) is 0 Å². The minimum Gasteiger partial charge on any atom is -0.341 e. The summed E-state index contributed by atoms with van der Waals surface area (Å²) in [6, 6.07) is 0.236. The van der Waals surface area contributed by atoms with Gasteiger partial charge in [0.2, 0.25) is 5.91 Å². The molecule has 0 unspecified atom stereocenters. The number of piperidine rings is 1. The first-order chi connectivity index (χ1) is 6.91. The van der Waals surface area contributed by atoms with Gasteiger partial charge in [-0.1, -0.05) is 13.8 Å². The molecule has 1 aliphatic heterocycles. The summed E-state index contributed by atoms with van der Waals surface area (Å²) in [5, 5.41) is 2.98. The normalized spacial score (nSPS) is 20.7. The van der Waals surface area contributed by atoms with Crippen molar-refractivity contribution >= 4 is 5.91 Å². The highest BCUT2D eigenvalue weighted by Crippen LogP contribution is 2.27. The predicted molar refractivity (Wildman–Crippen MR) is 53.9 cm³/mol. The number of rotatable bonds is 3. The molecule has 1 N–H and O–H groups in total. The Labute approximate surface area is 88.8 Å². The van der Waals surface area contributed by atoms with Gasteiger partial charge < -0.3 is 10.2 Å². The number of nitrogens with zero attached hydrogens (tertiary/aromatic N) is 1. The number of alkyl halides is 2. The van der Waals surface area contributed by atoms with Gasteiger partial charge in [0, 0.05) is 32.0 Å². The molecule has 0 spiro atoms. The number of nitrogens with one attached hydrogen (secondary N) is 1. The SMILES string of the molecule is CC(C)NCC(=O)N1CCC(F)(F)CC1. The molecule has 1 amide bonds. The Kier molecular flexibility index (Phi) is 4.02. The van der Waals surface area contributed by atoms with Gasteiger partial charge in [-0.15, -0.1) is 0 Å². The minimum absolute atomic E-state index is 0.0841. The Morgan fingerprint density at radius 3 is 2.40 bits per heavy atom. The molecule has 0 aliphatic carbocycles. The topological polar surface area (TPSA) is 32.3 Å². The van der Waals surface area contributed by atoms with Crippen LogP contribution in [0.25, 0.3) is 0 Å². The molecule has 0 bridgehead atoms. The monoisotopic (exact) mass is 220 g/mol. The number of likely N-dealkylation sites (tertiary alicyclic amines) is 1. The molecule has 1 heterocycles. The number of hydrogen-bond donors (Lipinski definition) is 1. The summed E-state index contributed by atoms with van der Waals surface area (Å²) >= 11 is 0. The van der Waals surface area contributed by atoms with Crippen LogP contribution in [0.5, 0.6) is 0 Å². The largest absolute Gasteiger partial charge is 0.341 e. The van der Waals surface area contributed by atoms with Gasteiger partial charge in [0.15, 0.2) is 0 Å². The quantitative estimate of drug-likeness (QED) is 0.776. The molecule has 5 heteroatoms. The van der Waals surface area contributed by atoms with E-state index in [2.05, 4.69) is 5.32 Å². The molecular formula is C10H18F2N2O. The van der Waals surface area contributed by atoms with Crippen molar-refractivity contribution in [2.75, 3.05) is 19.6 Å². The predicted octanol–water partition coefficient (Wildman–Crippen LogP) is 1.24. The second kappa shape index (κ2) is 4.88. The molecule has 1 fully saturated rings. The van der Waals surface area contributed by atoms with Crippen LogP contribution in [0.2, 0.25) is 0 Å². The summed E-state index contributed by atoms with van der Waals surface area (Å²) < 4.78 is 25.6. The van der Waals surface area contributed by atoms with Crippen LogP contribution < -0.4 is 5.32 Å². The highest BCUT2D eigenvalue weighted by molar-refractivity contribution is 5.78. The second-order valence-corrected chi connectivity index (χ2v) is 4.27. The van der Waals surface area contributed by atoms with E-state index < -0.39 is 5.92 Å². The molecule has 1 aliphatic rings. The summed E-state index contributed by atoms with van der Waals surface area (Å²) in [5.41, 5.74) is 0. The maximum Gasteiger partial charge on any atom is 0.251 e. The first-order valence-corrected chi connectivity index (χ1v) is 5.30. The van der Waals surface area contributed by atoms with Crippen LogP contribution >= 0.6 is 0 Å². The molecular weight excluding hydrogens is 202 g/mol. The molecule has 1 rings (SSSR count). The Bertz CT molecular complexity index is 221. The standard InChI is InChI=1S/C10H18F2N2O/c1-8(2)13-7-9(15)14-5-3-10(11,12)4-6-14/h8,13H,3-7H2,1-2H3. The zero-order valence-electron chi connectivity index (χ0n) is 9.22. The van der Waals surface area contributed by atoms with E-state index in [0.717, 1.165) is 0 Å². The lowest BCUT2D eigenvalue weighted by Gasteiger charge is -2.32. The molecule has 0 aromatic heterocycles. The molecule has 3 nitrogen and oxygen atoms in total. The van der Waals surface area contributed by atoms with E-state index in [1.807, 2.05) is 13.8 Å². The van der Waals surface area contributed by atoms with Crippen molar-refractivity contribution in [3.05, 3.63) is 0 Å². The summed E-state index contributed by atoms with van der Waals surface area (Å²) in [5.74, 6) is -2.67. The minimum atomic E-state index is -2.58. The average molecular weight is 220 g/mol. The maximum atomic E-state index is 12.8. The van der Waals surface area contributed by atoms with Crippen LogP contribution in [0.4, 0.5) is 8.78 Å². The van der Waals surface area contributed by atoms with Crippen molar-refractivity contribution in [1.29, 1.82) is 0 Å². The number of halogens is 2. The summed E-state index contributed by atoms with van der Waals surface area (Å²) in [6.45, 7) is 4.47. The molecule has 0 saturated carbocycles. The third-order valence-corrected chi connectivity index (χ3v) is 2.51. The molecule has 0 radical (unpaired) electrons. The van der Waals surface area contributed by atoms with Gasteiger partial charge in [0.05, 0.1) is 6.54 Å². The Morgan fingerprint density at radius 1 is 1.40 bits per heavy atom. The smallest absolute Gasteiger partial charge is 0.251 e. The van der Waals surface area contributed by atoms with Crippen molar-refractivity contribution in [1.82, 2.24) is 10.2 Å². The summed E-state index contributed by atoms with van der Waals surface area (Å²) in [4.78, 5) is 13.0. The van der Waals surface area contributed by atoms with Gasteiger partial charge in [-0.25, -0.2) is 8.78 Å². The lowest BCUT2D eigenvalue weighted by Crippen LogP contribution is -2.46. The van der Waals surface area contributed by atoms with Gasteiger partial charge in [-0.2, -0.15) is 0 Å². The van der Waals surface area contributed by atoms with Crippen molar-refractivity contribution in [3.8, 4) is 0 Å². The van der Waals surface area contributed by atoms with E-state index in [1.54, 1.807) is 0 Å². The highest BCUT2D eigenvalue weighted by Gasteiger charge is 2.35. The molecule has 0 atom stereocenters. The number of carbonyl (C=O) groups excluding carboxylic acids is 1. The fourth-order valence-electron chi connectivity index (χ4n) is 1.49. The van der Waals surface area contributed by atoms with Crippen LogP contribution in [0.3, 0.4) is 0 Å². The first kappa shape index (κ1) is 12.4. The molecule has 15 heavy (non-hydrogen) atoms. The molecule has 0 aromatic carbocycles. The maximum absolute atomic E-state index is 12.8. The van der Waals surface area contributed by atoms with Crippen LogP contribution in [0, 0.1) is 0 Å². The van der Waals surface area contributed by atoms with E-state index in [1.165, 1.54) is 4.90 Å². The number of amides is 1. The van der Waals surface area contributed by atoms with Crippen LogP contribution in [-0.2, 0) is 4.79 Å². The zero-order chi connectivity index (χ0) is 11.5. The Balaban J connectivity index is 2.30. The van der Waals surface area contributed by atoms with Gasteiger partial charge in [-0.05, 0) is 0 Å². The van der Waals surface area contributed by atoms with Crippen LogP contribution in [0.1, 0.15) is 26.7 Å². The first-order valence-electron chi connectivity index (χ1n) is 5.30. The fraction of sp³-hybridized carbons (Fsp3) is 0.900. The highest BCUT2D eigenvalue weighted by atomic mass is 19.3. The molecule has 1 saturated heterocycles. The van der Waals surface area contributed by atoms with Crippen LogP contribution in [-0.4, -0.2) is 42.4 Å². The number of carbonyl (C=O) groups is 1. The second-order valence-electron chi connectivity index (χ2n) is 4.27. The summed E-state index contributed by atoms with van der Waals surface area (Å²) in [6.07, 6.45) is -0.416. The van der Waals surface area contributed by atoms with E-state index in [0.29, 0.717) is 0 Å². The zero-order valence-corrected chi connectivity index (χ0v) is 9.22. The molecule has 88 valence electrons. The van der Waals surface area contributed by atoms with Crippen molar-refractivity contribution in [3.63, 3.8) is 0 Å². The fourth-order valence-corrected chi connectivity index (χ4v) is 1.49. The lowest BCUT2D eigenvalue weighted by molar-refractivity contribution is -0.136. The van der Waals surface area contributed by atoms with E-state index in [4.69, 9.17) is 0 Å². The average Bonchev–Trinajstić information content (AvgIpc) is 2.14. The molecule has 0 aromatic rings. The van der Waals surface area contributed by atoms with E-state index in [-0.39, 0.29) is 44.4 Å². The van der Waals surface area contributed by atoms with Gasteiger partial charge in [-0.3, -0.25) is 4.79 Å². The number of hydrogen-bond acceptors (Lipinski definition) is 2. The lowest BCUT2D eigenvalue weighted by atomic mass is 10.1. The summed E-state index contributed by atoms with van der Waals surface area (Å²) in [7, 11) is 0. The van der Waals surface area contributed by atoms with Crippen molar-refractivity contribution < 1.29 is 13.6 Å². The Hall–Kier alpha value is -0.710. The third-order valence-electron chi connectivity index (χ3n) is 2.51. The van der Waals surface area contributed by atoms with Crippen molar-refractivity contribution in [2.45, 2.75) is 38.7 Å². The van der Waals surface area contributed by atoms with E-state index >= 15 is 0 Å². The van der Waals surface area contributed by atoms with Crippen LogP contribution in [0.15, 0.2) is 0 Å². The Morgan fingerprint density at radius 2 is 1.93 bits per heavy atom. The van der Waals surface area contributed by atoms with Gasteiger partial charge in [0.25, 0.3) is 5.92 Å². The van der Waals surface area contributed by atoms with E-state index in [9.17, 15) is 13.6 Å². The van der Waals surface area contributed by atoms with Gasteiger partial charge >= 0.3 is 0 Å².